The van der Waals surface area contributed by atoms with Crippen LogP contribution < -0.4 is 10.1 Å². The molecule has 1 aliphatic rings. The second kappa shape index (κ2) is 5.91. The van der Waals surface area contributed by atoms with Crippen LogP contribution in [-0.4, -0.2) is 43.2 Å². The molecule has 0 atom stereocenters. The number of rotatable bonds is 4. The molecule has 1 fully saturated rings. The highest BCUT2D eigenvalue weighted by Crippen LogP contribution is 2.21. The summed E-state index contributed by atoms with van der Waals surface area (Å²) in [4.78, 5) is 2.44. The van der Waals surface area contributed by atoms with Crippen molar-refractivity contribution in [2.45, 2.75) is 19.4 Å². The van der Waals surface area contributed by atoms with E-state index in [1.165, 1.54) is 0 Å². The number of halogens is 1. The van der Waals surface area contributed by atoms with Gasteiger partial charge in [-0.05, 0) is 38.1 Å². The molecule has 1 aliphatic heterocycles. The van der Waals surface area contributed by atoms with Crippen LogP contribution >= 0.6 is 11.6 Å². The highest BCUT2D eigenvalue weighted by molar-refractivity contribution is 6.30. The molecule has 0 aliphatic carbocycles. The molecule has 0 unspecified atom stereocenters. The third-order valence-corrected chi connectivity index (χ3v) is 3.27. The molecule has 2 rings (SSSR count). The Morgan fingerprint density at radius 3 is 2.44 bits per heavy atom. The Morgan fingerprint density at radius 2 is 1.83 bits per heavy atom. The van der Waals surface area contributed by atoms with Gasteiger partial charge in [0.1, 0.15) is 11.4 Å². The third-order valence-electron chi connectivity index (χ3n) is 3.02. The molecule has 0 spiro atoms. The van der Waals surface area contributed by atoms with Crippen molar-refractivity contribution in [1.29, 1.82) is 0 Å². The minimum Gasteiger partial charge on any atom is -0.487 e. The molecule has 0 amide bonds. The highest BCUT2D eigenvalue weighted by Gasteiger charge is 2.24. The van der Waals surface area contributed by atoms with Crippen molar-refractivity contribution in [3.63, 3.8) is 0 Å². The van der Waals surface area contributed by atoms with E-state index in [1.807, 2.05) is 24.3 Å². The monoisotopic (exact) mass is 268 g/mol. The van der Waals surface area contributed by atoms with E-state index < -0.39 is 0 Å². The average molecular weight is 269 g/mol. The minimum absolute atomic E-state index is 0.189. The van der Waals surface area contributed by atoms with E-state index >= 15 is 0 Å². The third kappa shape index (κ3) is 4.16. The summed E-state index contributed by atoms with van der Waals surface area (Å²) in [6.45, 7) is 9.51. The van der Waals surface area contributed by atoms with E-state index in [4.69, 9.17) is 16.3 Å². The fourth-order valence-electron chi connectivity index (χ4n) is 2.26. The lowest BCUT2D eigenvalue weighted by molar-refractivity contribution is 0.0548. The standard InChI is InChI=1S/C14H21ClN2O/c1-14(2,11-17-9-7-16-8-10-17)18-13-5-3-12(15)4-6-13/h3-6,16H,7-11H2,1-2H3. The van der Waals surface area contributed by atoms with Crippen molar-refractivity contribution >= 4 is 11.6 Å². The van der Waals surface area contributed by atoms with E-state index in [0.29, 0.717) is 0 Å². The van der Waals surface area contributed by atoms with Gasteiger partial charge in [-0.3, -0.25) is 4.90 Å². The van der Waals surface area contributed by atoms with Gasteiger partial charge in [0.2, 0.25) is 0 Å². The predicted octanol–water partition coefficient (Wildman–Crippen LogP) is 2.40. The first-order valence-electron chi connectivity index (χ1n) is 6.43. The largest absolute Gasteiger partial charge is 0.487 e. The number of hydrogen-bond acceptors (Lipinski definition) is 3. The summed E-state index contributed by atoms with van der Waals surface area (Å²) in [5.74, 6) is 0.875. The number of nitrogens with one attached hydrogen (secondary N) is 1. The number of hydrogen-bond donors (Lipinski definition) is 1. The molecule has 18 heavy (non-hydrogen) atoms. The Balaban J connectivity index is 1.91. The molecule has 3 nitrogen and oxygen atoms in total. The van der Waals surface area contributed by atoms with Gasteiger partial charge in [0.25, 0.3) is 0 Å². The average Bonchev–Trinajstić information content (AvgIpc) is 2.32. The molecule has 0 aromatic heterocycles. The van der Waals surface area contributed by atoms with Crippen molar-refractivity contribution in [2.24, 2.45) is 0 Å². The molecule has 0 bridgehead atoms. The molecule has 4 heteroatoms. The smallest absolute Gasteiger partial charge is 0.120 e. The van der Waals surface area contributed by atoms with E-state index in [1.54, 1.807) is 0 Å². The van der Waals surface area contributed by atoms with Gasteiger partial charge in [-0.1, -0.05) is 11.6 Å². The fourth-order valence-corrected chi connectivity index (χ4v) is 2.39. The van der Waals surface area contributed by atoms with Crippen LogP contribution in [-0.2, 0) is 0 Å². The van der Waals surface area contributed by atoms with Gasteiger partial charge < -0.3 is 10.1 Å². The number of nitrogens with zero attached hydrogens (tertiary/aromatic N) is 1. The van der Waals surface area contributed by atoms with Gasteiger partial charge in [0.15, 0.2) is 0 Å². The van der Waals surface area contributed by atoms with Crippen LogP contribution in [0.3, 0.4) is 0 Å². The van der Waals surface area contributed by atoms with Crippen LogP contribution in [0.1, 0.15) is 13.8 Å². The first-order chi connectivity index (χ1) is 8.55. The number of ether oxygens (including phenoxy) is 1. The fraction of sp³-hybridized carbons (Fsp3) is 0.571. The molecule has 1 aromatic rings. The Hall–Kier alpha value is -0.770. The van der Waals surface area contributed by atoms with E-state index in [9.17, 15) is 0 Å². The van der Waals surface area contributed by atoms with Gasteiger partial charge in [-0.25, -0.2) is 0 Å². The zero-order chi connectivity index (χ0) is 13.0. The van der Waals surface area contributed by atoms with Crippen LogP contribution in [0.15, 0.2) is 24.3 Å². The molecule has 100 valence electrons. The first kappa shape index (κ1) is 13.7. The normalized spacial score (nSPS) is 17.7. The van der Waals surface area contributed by atoms with E-state index in [2.05, 4.69) is 24.1 Å². The van der Waals surface area contributed by atoms with Gasteiger partial charge in [-0.2, -0.15) is 0 Å². The second-order valence-electron chi connectivity index (χ2n) is 5.34. The van der Waals surface area contributed by atoms with Crippen LogP contribution in [0, 0.1) is 0 Å². The van der Waals surface area contributed by atoms with Gasteiger partial charge >= 0.3 is 0 Å². The molecule has 0 radical (unpaired) electrons. The van der Waals surface area contributed by atoms with Crippen molar-refractivity contribution in [1.82, 2.24) is 10.2 Å². The van der Waals surface area contributed by atoms with Crippen molar-refractivity contribution in [2.75, 3.05) is 32.7 Å². The summed E-state index contributed by atoms with van der Waals surface area (Å²) in [6.07, 6.45) is 0. The SMILES string of the molecule is CC(C)(CN1CCNCC1)Oc1ccc(Cl)cc1. The summed E-state index contributed by atoms with van der Waals surface area (Å²) in [5.41, 5.74) is -0.189. The summed E-state index contributed by atoms with van der Waals surface area (Å²) in [6, 6.07) is 7.55. The lowest BCUT2D eigenvalue weighted by atomic mass is 10.1. The quantitative estimate of drug-likeness (QED) is 0.908. The number of benzene rings is 1. The molecule has 1 heterocycles. The molecular formula is C14H21ClN2O. The zero-order valence-corrected chi connectivity index (χ0v) is 11.8. The van der Waals surface area contributed by atoms with Gasteiger partial charge in [0.05, 0.1) is 0 Å². The predicted molar refractivity (Wildman–Crippen MR) is 75.5 cm³/mol. The van der Waals surface area contributed by atoms with Crippen molar-refractivity contribution in [3.8, 4) is 5.75 Å². The Bertz CT molecular complexity index is 372. The van der Waals surface area contributed by atoms with Crippen LogP contribution in [0.25, 0.3) is 0 Å². The second-order valence-corrected chi connectivity index (χ2v) is 5.78. The topological polar surface area (TPSA) is 24.5 Å². The zero-order valence-electron chi connectivity index (χ0n) is 11.1. The molecule has 1 aromatic carbocycles. The highest BCUT2D eigenvalue weighted by atomic mass is 35.5. The Kier molecular flexibility index (Phi) is 4.49. The summed E-state index contributed by atoms with van der Waals surface area (Å²) < 4.78 is 6.04. The van der Waals surface area contributed by atoms with Crippen molar-refractivity contribution < 1.29 is 4.74 Å². The maximum atomic E-state index is 6.04. The lowest BCUT2D eigenvalue weighted by Crippen LogP contribution is -2.50. The van der Waals surface area contributed by atoms with Crippen LogP contribution in [0.5, 0.6) is 5.75 Å². The molecule has 1 saturated heterocycles. The maximum absolute atomic E-state index is 6.04. The summed E-state index contributed by atoms with van der Waals surface area (Å²) in [5, 5.41) is 4.10. The van der Waals surface area contributed by atoms with Crippen molar-refractivity contribution in [3.05, 3.63) is 29.3 Å². The summed E-state index contributed by atoms with van der Waals surface area (Å²) >= 11 is 5.87. The Morgan fingerprint density at radius 1 is 1.22 bits per heavy atom. The number of piperazine rings is 1. The van der Waals surface area contributed by atoms with Gasteiger partial charge in [0, 0.05) is 37.7 Å². The van der Waals surface area contributed by atoms with Gasteiger partial charge in [-0.15, -0.1) is 0 Å². The van der Waals surface area contributed by atoms with Crippen LogP contribution in [0.2, 0.25) is 5.02 Å². The summed E-state index contributed by atoms with van der Waals surface area (Å²) in [7, 11) is 0. The molecule has 1 N–H and O–H groups in total. The van der Waals surface area contributed by atoms with E-state index in [-0.39, 0.29) is 5.60 Å². The molecule has 0 saturated carbocycles. The van der Waals surface area contributed by atoms with Crippen LogP contribution in [0.4, 0.5) is 0 Å². The lowest BCUT2D eigenvalue weighted by Gasteiger charge is -2.35. The first-order valence-corrected chi connectivity index (χ1v) is 6.81. The maximum Gasteiger partial charge on any atom is 0.120 e. The van der Waals surface area contributed by atoms with E-state index in [0.717, 1.165) is 43.5 Å². The minimum atomic E-state index is -0.189. The molecular weight excluding hydrogens is 248 g/mol. The Labute approximate surface area is 114 Å².